The van der Waals surface area contributed by atoms with Gasteiger partial charge in [0.15, 0.2) is 0 Å². The van der Waals surface area contributed by atoms with Crippen molar-refractivity contribution in [2.45, 2.75) is 26.1 Å². The fourth-order valence-electron chi connectivity index (χ4n) is 1.37. The molecular formula is C11H14F3N3O. The van der Waals surface area contributed by atoms with Crippen LogP contribution >= 0.6 is 0 Å². The smallest absolute Gasteiger partial charge is 0.368 e. The average Bonchev–Trinajstić information content (AvgIpc) is 2.24. The first-order valence-corrected chi connectivity index (χ1v) is 5.31. The van der Waals surface area contributed by atoms with Crippen LogP contribution in [0.3, 0.4) is 0 Å². The molecule has 0 aliphatic rings. The molecule has 100 valence electrons. The Bertz CT molecular complexity index is 415. The molecule has 0 bridgehead atoms. The Morgan fingerprint density at radius 3 is 2.33 bits per heavy atom. The largest absolute Gasteiger partial charge is 0.417 e. The summed E-state index contributed by atoms with van der Waals surface area (Å²) in [5.41, 5.74) is 4.34. The lowest BCUT2D eigenvalue weighted by Crippen LogP contribution is -2.39. The molecule has 4 nitrogen and oxygen atoms in total. The number of halogens is 3. The predicted octanol–water partition coefficient (Wildman–Crippen LogP) is 2.02. The fraction of sp³-hybridized carbons (Fsp3) is 0.455. The number of nitrogens with zero attached hydrogens (tertiary/aromatic N) is 1. The number of pyridine rings is 1. The number of alkyl halides is 3. The van der Waals surface area contributed by atoms with E-state index in [2.05, 4.69) is 10.3 Å². The fourth-order valence-corrected chi connectivity index (χ4v) is 1.37. The maximum absolute atomic E-state index is 12.3. The van der Waals surface area contributed by atoms with Crippen molar-refractivity contribution < 1.29 is 18.0 Å². The van der Waals surface area contributed by atoms with Gasteiger partial charge in [-0.1, -0.05) is 13.8 Å². The normalized spacial score (nSPS) is 13.4. The van der Waals surface area contributed by atoms with Gasteiger partial charge >= 0.3 is 6.18 Å². The third kappa shape index (κ3) is 3.61. The second kappa shape index (κ2) is 5.24. The molecule has 0 aliphatic carbocycles. The quantitative estimate of drug-likeness (QED) is 0.871. The lowest BCUT2D eigenvalue weighted by atomic mass is 10.0. The summed E-state index contributed by atoms with van der Waals surface area (Å²) in [6.07, 6.45) is -3.71. The molecule has 1 rings (SSSR count). The number of rotatable bonds is 4. The number of carbonyl (C=O) groups excluding carboxylic acids is 1. The summed E-state index contributed by atoms with van der Waals surface area (Å²) in [5, 5.41) is 2.70. The van der Waals surface area contributed by atoms with Crippen molar-refractivity contribution in [1.29, 1.82) is 0 Å². The van der Waals surface area contributed by atoms with Crippen LogP contribution < -0.4 is 11.1 Å². The number of amides is 1. The minimum atomic E-state index is -4.42. The topological polar surface area (TPSA) is 68.0 Å². The van der Waals surface area contributed by atoms with Crippen LogP contribution in [-0.4, -0.2) is 16.9 Å². The summed E-state index contributed by atoms with van der Waals surface area (Å²) in [6, 6.07) is 1.39. The van der Waals surface area contributed by atoms with Gasteiger partial charge in [-0.3, -0.25) is 4.79 Å². The van der Waals surface area contributed by atoms with Gasteiger partial charge in [0.25, 0.3) is 0 Å². The summed E-state index contributed by atoms with van der Waals surface area (Å²) >= 11 is 0. The minimum absolute atomic E-state index is 0.0911. The Balaban J connectivity index is 2.83. The van der Waals surface area contributed by atoms with E-state index in [9.17, 15) is 18.0 Å². The van der Waals surface area contributed by atoms with E-state index >= 15 is 0 Å². The van der Waals surface area contributed by atoms with E-state index in [0.717, 1.165) is 6.07 Å². The molecule has 0 spiro atoms. The zero-order valence-corrected chi connectivity index (χ0v) is 9.95. The number of primary amides is 1. The van der Waals surface area contributed by atoms with Crippen LogP contribution in [0.2, 0.25) is 0 Å². The van der Waals surface area contributed by atoms with Crippen LogP contribution in [0, 0.1) is 5.92 Å². The van der Waals surface area contributed by atoms with E-state index in [1.807, 2.05) is 0 Å². The standard InChI is InChI=1S/C11H14F3N3O/c1-6(2)9(10(15)18)17-8-4-3-7(5-16-8)11(12,13)14/h3-6,9H,1-2H3,(H2,15,18)(H,16,17)/t9-/m1/s1. The predicted molar refractivity (Wildman–Crippen MR) is 60.7 cm³/mol. The molecule has 7 heteroatoms. The molecule has 0 aromatic carbocycles. The second-order valence-corrected chi connectivity index (χ2v) is 4.20. The lowest BCUT2D eigenvalue weighted by Gasteiger charge is -2.19. The second-order valence-electron chi connectivity index (χ2n) is 4.20. The van der Waals surface area contributed by atoms with Gasteiger partial charge in [-0.25, -0.2) is 4.98 Å². The molecule has 0 aliphatic heterocycles. The van der Waals surface area contributed by atoms with Gasteiger partial charge in [-0.05, 0) is 18.1 Å². The van der Waals surface area contributed by atoms with Gasteiger partial charge < -0.3 is 11.1 Å². The number of aromatic nitrogens is 1. The highest BCUT2D eigenvalue weighted by Gasteiger charge is 2.30. The van der Waals surface area contributed by atoms with Gasteiger partial charge in [-0.15, -0.1) is 0 Å². The first kappa shape index (κ1) is 14.3. The van der Waals surface area contributed by atoms with Crippen molar-refractivity contribution in [2.24, 2.45) is 11.7 Å². The van der Waals surface area contributed by atoms with Crippen LogP contribution in [0.1, 0.15) is 19.4 Å². The van der Waals surface area contributed by atoms with Crippen molar-refractivity contribution in [3.8, 4) is 0 Å². The Morgan fingerprint density at radius 2 is 2.00 bits per heavy atom. The Labute approximate surface area is 102 Å². The van der Waals surface area contributed by atoms with E-state index in [0.29, 0.717) is 6.20 Å². The van der Waals surface area contributed by atoms with E-state index in [1.165, 1.54) is 6.07 Å². The number of hydrogen-bond acceptors (Lipinski definition) is 3. The molecule has 18 heavy (non-hydrogen) atoms. The molecule has 1 heterocycles. The summed E-state index contributed by atoms with van der Waals surface area (Å²) in [5.74, 6) is -0.487. The number of carbonyl (C=O) groups is 1. The number of hydrogen-bond donors (Lipinski definition) is 2. The van der Waals surface area contributed by atoms with Crippen LogP contribution in [0.15, 0.2) is 18.3 Å². The van der Waals surface area contributed by atoms with Crippen LogP contribution in [0.4, 0.5) is 19.0 Å². The van der Waals surface area contributed by atoms with Gasteiger partial charge in [-0.2, -0.15) is 13.2 Å². The summed E-state index contributed by atoms with van der Waals surface area (Å²) in [4.78, 5) is 14.7. The Hall–Kier alpha value is -1.79. The number of anilines is 1. The monoisotopic (exact) mass is 261 g/mol. The third-order valence-electron chi connectivity index (χ3n) is 2.37. The van der Waals surface area contributed by atoms with Crippen molar-refractivity contribution in [2.75, 3.05) is 5.32 Å². The molecule has 1 aromatic heterocycles. The van der Waals surface area contributed by atoms with Gasteiger partial charge in [0.1, 0.15) is 11.9 Å². The highest BCUT2D eigenvalue weighted by Crippen LogP contribution is 2.28. The zero-order chi connectivity index (χ0) is 13.9. The Kier molecular flexibility index (Phi) is 4.15. The minimum Gasteiger partial charge on any atom is -0.368 e. The molecular weight excluding hydrogens is 247 g/mol. The van der Waals surface area contributed by atoms with Crippen molar-refractivity contribution in [3.63, 3.8) is 0 Å². The maximum Gasteiger partial charge on any atom is 0.417 e. The first-order valence-electron chi connectivity index (χ1n) is 5.31. The molecule has 0 radical (unpaired) electrons. The van der Waals surface area contributed by atoms with Crippen molar-refractivity contribution >= 4 is 11.7 Å². The molecule has 0 unspecified atom stereocenters. The molecule has 0 saturated carbocycles. The maximum atomic E-state index is 12.3. The van der Waals surface area contributed by atoms with Crippen LogP contribution in [0.25, 0.3) is 0 Å². The van der Waals surface area contributed by atoms with Gasteiger partial charge in [0.05, 0.1) is 5.56 Å². The molecule has 0 saturated heterocycles. The SMILES string of the molecule is CC(C)[C@@H](Nc1ccc(C(F)(F)F)cn1)C(N)=O. The third-order valence-corrected chi connectivity index (χ3v) is 2.37. The van der Waals surface area contributed by atoms with E-state index in [1.54, 1.807) is 13.8 Å². The summed E-state index contributed by atoms with van der Waals surface area (Å²) in [7, 11) is 0. The average molecular weight is 261 g/mol. The molecule has 3 N–H and O–H groups in total. The molecule has 0 fully saturated rings. The molecule has 1 aromatic rings. The highest BCUT2D eigenvalue weighted by molar-refractivity contribution is 5.82. The highest BCUT2D eigenvalue weighted by atomic mass is 19.4. The van der Waals surface area contributed by atoms with Gasteiger partial charge in [0, 0.05) is 6.20 Å². The number of nitrogens with one attached hydrogen (secondary N) is 1. The van der Waals surface area contributed by atoms with Crippen molar-refractivity contribution in [3.05, 3.63) is 23.9 Å². The van der Waals surface area contributed by atoms with E-state index < -0.39 is 23.7 Å². The number of nitrogens with two attached hydrogens (primary N) is 1. The Morgan fingerprint density at radius 1 is 1.39 bits per heavy atom. The summed E-state index contributed by atoms with van der Waals surface area (Å²) in [6.45, 7) is 3.54. The van der Waals surface area contributed by atoms with Crippen LogP contribution in [-0.2, 0) is 11.0 Å². The first-order chi connectivity index (χ1) is 8.21. The summed E-state index contributed by atoms with van der Waals surface area (Å²) < 4.78 is 36.9. The lowest BCUT2D eigenvalue weighted by molar-refractivity contribution is -0.137. The molecule has 1 atom stereocenters. The van der Waals surface area contributed by atoms with Gasteiger partial charge in [0.2, 0.25) is 5.91 Å². The van der Waals surface area contributed by atoms with Crippen molar-refractivity contribution in [1.82, 2.24) is 4.98 Å². The van der Waals surface area contributed by atoms with Crippen LogP contribution in [0.5, 0.6) is 0 Å². The van der Waals surface area contributed by atoms with E-state index in [-0.39, 0.29) is 11.7 Å². The zero-order valence-electron chi connectivity index (χ0n) is 9.95. The molecule has 1 amide bonds. The van der Waals surface area contributed by atoms with E-state index in [4.69, 9.17) is 5.73 Å².